The van der Waals surface area contributed by atoms with Crippen molar-refractivity contribution in [2.45, 2.75) is 32.6 Å². The second-order valence-corrected chi connectivity index (χ2v) is 5.10. The summed E-state index contributed by atoms with van der Waals surface area (Å²) in [7, 11) is 0. The van der Waals surface area contributed by atoms with Crippen LogP contribution in [0.15, 0.2) is 24.3 Å². The van der Waals surface area contributed by atoms with Gasteiger partial charge in [0.1, 0.15) is 5.75 Å². The molecule has 4 heteroatoms. The zero-order valence-electron chi connectivity index (χ0n) is 12.4. The van der Waals surface area contributed by atoms with Gasteiger partial charge >= 0.3 is 6.09 Å². The molecule has 0 bridgehead atoms. The van der Waals surface area contributed by atoms with Crippen molar-refractivity contribution >= 4 is 6.09 Å². The summed E-state index contributed by atoms with van der Waals surface area (Å²) in [5.74, 6) is 1.20. The van der Waals surface area contributed by atoms with Gasteiger partial charge in [0.2, 0.25) is 0 Å². The number of para-hydroxylation sites is 1. The maximum absolute atomic E-state index is 12.1. The van der Waals surface area contributed by atoms with E-state index in [9.17, 15) is 4.79 Å². The molecule has 1 aromatic carbocycles. The predicted molar refractivity (Wildman–Crippen MR) is 80.2 cm³/mol. The quantitative estimate of drug-likeness (QED) is 0.919. The predicted octanol–water partition coefficient (Wildman–Crippen LogP) is 2.99. The van der Waals surface area contributed by atoms with Crippen LogP contribution in [0.4, 0.5) is 4.79 Å². The number of rotatable bonds is 4. The highest BCUT2D eigenvalue weighted by molar-refractivity contribution is 5.71. The number of hydrogen-bond acceptors (Lipinski definition) is 3. The van der Waals surface area contributed by atoms with E-state index in [1.165, 1.54) is 0 Å². The lowest BCUT2D eigenvalue weighted by Gasteiger charge is -2.25. The number of piperidine rings is 1. The summed E-state index contributed by atoms with van der Waals surface area (Å²) in [5.41, 5.74) is 1.16. The maximum atomic E-state index is 12.1. The van der Waals surface area contributed by atoms with Crippen molar-refractivity contribution in [1.82, 2.24) is 10.2 Å². The van der Waals surface area contributed by atoms with Crippen LogP contribution in [0.3, 0.4) is 0 Å². The van der Waals surface area contributed by atoms with Crippen molar-refractivity contribution in [3.63, 3.8) is 0 Å². The van der Waals surface area contributed by atoms with Gasteiger partial charge in [-0.05, 0) is 57.3 Å². The molecule has 1 amide bonds. The van der Waals surface area contributed by atoms with E-state index in [0.29, 0.717) is 19.0 Å². The number of nitrogens with zero attached hydrogens (tertiary/aromatic N) is 1. The van der Waals surface area contributed by atoms with E-state index in [1.54, 1.807) is 4.90 Å². The fourth-order valence-electron chi connectivity index (χ4n) is 2.68. The van der Waals surface area contributed by atoms with E-state index in [1.807, 2.05) is 32.0 Å². The van der Waals surface area contributed by atoms with E-state index in [2.05, 4.69) is 11.4 Å². The average molecular weight is 276 g/mol. The fraction of sp³-hybridized carbons (Fsp3) is 0.562. The van der Waals surface area contributed by atoms with Crippen LogP contribution >= 0.6 is 0 Å². The van der Waals surface area contributed by atoms with Gasteiger partial charge in [-0.3, -0.25) is 0 Å². The lowest BCUT2D eigenvalue weighted by molar-refractivity contribution is 0.156. The minimum atomic E-state index is -0.253. The van der Waals surface area contributed by atoms with Crippen molar-refractivity contribution in [3.05, 3.63) is 29.8 Å². The van der Waals surface area contributed by atoms with Gasteiger partial charge in [-0.1, -0.05) is 18.2 Å². The summed E-state index contributed by atoms with van der Waals surface area (Å²) in [6.45, 7) is 7.33. The first kappa shape index (κ1) is 14.9. The van der Waals surface area contributed by atoms with Gasteiger partial charge in [-0.15, -0.1) is 0 Å². The normalized spacial score (nSPS) is 15.9. The molecule has 1 N–H and O–H groups in total. The standard InChI is InChI=1S/C16H24N2O2/c1-3-18(4-2)16(19)20-15-8-6-5-7-14(15)13-9-11-17-12-10-13/h5-8,13,17H,3-4,9-12H2,1-2H3. The van der Waals surface area contributed by atoms with Crippen molar-refractivity contribution in [2.75, 3.05) is 26.2 Å². The maximum Gasteiger partial charge on any atom is 0.415 e. The Morgan fingerprint density at radius 3 is 2.55 bits per heavy atom. The zero-order chi connectivity index (χ0) is 14.4. The van der Waals surface area contributed by atoms with Crippen LogP contribution in [0.2, 0.25) is 0 Å². The van der Waals surface area contributed by atoms with E-state index < -0.39 is 0 Å². The Labute approximate surface area is 121 Å². The monoisotopic (exact) mass is 276 g/mol. The van der Waals surface area contributed by atoms with Gasteiger partial charge in [0.05, 0.1) is 0 Å². The molecule has 4 nitrogen and oxygen atoms in total. The fourth-order valence-corrected chi connectivity index (χ4v) is 2.68. The average Bonchev–Trinajstić information content (AvgIpc) is 2.50. The van der Waals surface area contributed by atoms with Crippen molar-refractivity contribution in [1.29, 1.82) is 0 Å². The minimum absolute atomic E-state index is 0.253. The Hall–Kier alpha value is -1.55. The molecule has 2 rings (SSSR count). The van der Waals surface area contributed by atoms with Crippen LogP contribution in [0.5, 0.6) is 5.75 Å². The SMILES string of the molecule is CCN(CC)C(=O)Oc1ccccc1C1CCNCC1. The van der Waals surface area contributed by atoms with Crippen molar-refractivity contribution in [3.8, 4) is 5.75 Å². The summed E-state index contributed by atoms with van der Waals surface area (Å²) in [5, 5.41) is 3.37. The summed E-state index contributed by atoms with van der Waals surface area (Å²) < 4.78 is 5.61. The van der Waals surface area contributed by atoms with Crippen LogP contribution in [-0.4, -0.2) is 37.2 Å². The summed E-state index contributed by atoms with van der Waals surface area (Å²) in [6.07, 6.45) is 1.94. The number of hydrogen-bond donors (Lipinski definition) is 1. The van der Waals surface area contributed by atoms with Crippen LogP contribution in [0.25, 0.3) is 0 Å². The molecule has 1 fully saturated rings. The summed E-state index contributed by atoms with van der Waals surface area (Å²) >= 11 is 0. The molecule has 1 saturated heterocycles. The molecule has 0 unspecified atom stereocenters. The minimum Gasteiger partial charge on any atom is -0.410 e. The molecule has 0 spiro atoms. The lowest BCUT2D eigenvalue weighted by Crippen LogP contribution is -2.33. The van der Waals surface area contributed by atoms with Crippen LogP contribution in [0.1, 0.15) is 38.2 Å². The van der Waals surface area contributed by atoms with Gasteiger partial charge in [0.25, 0.3) is 0 Å². The number of carbonyl (C=O) groups is 1. The van der Waals surface area contributed by atoms with Gasteiger partial charge in [0, 0.05) is 13.1 Å². The molecule has 0 saturated carbocycles. The Morgan fingerprint density at radius 1 is 1.25 bits per heavy atom. The molecule has 1 aliphatic heterocycles. The second kappa shape index (κ2) is 7.29. The van der Waals surface area contributed by atoms with E-state index in [0.717, 1.165) is 37.2 Å². The first-order valence-corrected chi connectivity index (χ1v) is 7.52. The number of benzene rings is 1. The van der Waals surface area contributed by atoms with Crippen LogP contribution in [-0.2, 0) is 0 Å². The highest BCUT2D eigenvalue weighted by atomic mass is 16.6. The Kier molecular flexibility index (Phi) is 5.41. The molecule has 1 aliphatic rings. The molecule has 0 aliphatic carbocycles. The van der Waals surface area contributed by atoms with Crippen molar-refractivity contribution in [2.24, 2.45) is 0 Å². The third-order valence-corrected chi connectivity index (χ3v) is 3.92. The molecule has 0 atom stereocenters. The van der Waals surface area contributed by atoms with E-state index >= 15 is 0 Å². The van der Waals surface area contributed by atoms with E-state index in [-0.39, 0.29) is 6.09 Å². The largest absolute Gasteiger partial charge is 0.415 e. The van der Waals surface area contributed by atoms with Gasteiger partial charge in [-0.25, -0.2) is 4.79 Å². The molecule has 1 aromatic rings. The Balaban J connectivity index is 2.13. The molecule has 110 valence electrons. The van der Waals surface area contributed by atoms with E-state index in [4.69, 9.17) is 4.74 Å². The lowest BCUT2D eigenvalue weighted by atomic mass is 9.90. The first-order chi connectivity index (χ1) is 9.76. The summed E-state index contributed by atoms with van der Waals surface area (Å²) in [6, 6.07) is 7.93. The third-order valence-electron chi connectivity index (χ3n) is 3.92. The van der Waals surface area contributed by atoms with Crippen LogP contribution < -0.4 is 10.1 Å². The molecule has 1 heterocycles. The second-order valence-electron chi connectivity index (χ2n) is 5.10. The smallest absolute Gasteiger partial charge is 0.410 e. The number of amides is 1. The summed E-state index contributed by atoms with van der Waals surface area (Å²) in [4.78, 5) is 13.8. The molecule has 20 heavy (non-hydrogen) atoms. The Morgan fingerprint density at radius 2 is 1.90 bits per heavy atom. The number of ether oxygens (including phenoxy) is 1. The van der Waals surface area contributed by atoms with Gasteiger partial charge < -0.3 is 15.0 Å². The van der Waals surface area contributed by atoms with Crippen molar-refractivity contribution < 1.29 is 9.53 Å². The molecular formula is C16H24N2O2. The van der Waals surface area contributed by atoms with Crippen LogP contribution in [0, 0.1) is 0 Å². The zero-order valence-corrected chi connectivity index (χ0v) is 12.4. The van der Waals surface area contributed by atoms with Gasteiger partial charge in [0.15, 0.2) is 0 Å². The highest BCUT2D eigenvalue weighted by Crippen LogP contribution is 2.32. The topological polar surface area (TPSA) is 41.6 Å². The number of carbonyl (C=O) groups excluding carboxylic acids is 1. The number of nitrogens with one attached hydrogen (secondary N) is 1. The first-order valence-electron chi connectivity index (χ1n) is 7.52. The highest BCUT2D eigenvalue weighted by Gasteiger charge is 2.21. The Bertz CT molecular complexity index is 438. The molecule has 0 radical (unpaired) electrons. The van der Waals surface area contributed by atoms with Gasteiger partial charge in [-0.2, -0.15) is 0 Å². The molecule has 0 aromatic heterocycles. The molecular weight excluding hydrogens is 252 g/mol. The third kappa shape index (κ3) is 3.51.